The Morgan fingerprint density at radius 1 is 0.382 bits per heavy atom. The van der Waals surface area contributed by atoms with Gasteiger partial charge in [0, 0.05) is 22.3 Å². The molecule has 0 atom stereocenters. The summed E-state index contributed by atoms with van der Waals surface area (Å²) in [5.41, 5.74) is 1.11. The molecule has 0 aliphatic carbocycles. The molecule has 0 aromatic carbocycles. The average Bonchev–Trinajstić information content (AvgIpc) is 3.09. The van der Waals surface area contributed by atoms with E-state index in [2.05, 4.69) is 44.4 Å². The maximum absolute atomic E-state index is 11.5. The van der Waals surface area contributed by atoms with Crippen LogP contribution in [0.4, 0.5) is 0 Å². The van der Waals surface area contributed by atoms with Gasteiger partial charge in [-0.05, 0) is 27.7 Å². The summed E-state index contributed by atoms with van der Waals surface area (Å²) in [5, 5.41) is 0. The van der Waals surface area contributed by atoms with E-state index in [1.165, 1.54) is 27.7 Å². The van der Waals surface area contributed by atoms with E-state index in [-0.39, 0.29) is 151 Å². The van der Waals surface area contributed by atoms with Gasteiger partial charge in [0.2, 0.25) is 0 Å². The van der Waals surface area contributed by atoms with E-state index in [1.54, 1.807) is 0 Å². The molecule has 0 amide bonds. The van der Waals surface area contributed by atoms with Crippen molar-refractivity contribution in [1.82, 2.24) is 0 Å². The Hall–Kier alpha value is -2.33. The Morgan fingerprint density at radius 2 is 0.545 bits per heavy atom. The second-order valence-electron chi connectivity index (χ2n) is 10.3. The number of phosphoric ester groups is 2. The van der Waals surface area contributed by atoms with Crippen LogP contribution in [0.25, 0.3) is 0 Å². The fourth-order valence-corrected chi connectivity index (χ4v) is 3.92. The molecule has 0 heterocycles. The largest absolute Gasteiger partial charge is 2.00 e. The summed E-state index contributed by atoms with van der Waals surface area (Å²) in [5.74, 6) is -2.10. The number of ether oxygens (including phenoxy) is 8. The van der Waals surface area contributed by atoms with Gasteiger partial charge in [0.25, 0.3) is 15.6 Å². The quantitative estimate of drug-likeness (QED) is 0.0230. The second-order valence-corrected chi connectivity index (χ2v) is 13.2. The van der Waals surface area contributed by atoms with Crippen LogP contribution in [0.15, 0.2) is 48.6 Å². The number of hydrogen-bond donors (Lipinski definition) is 0. The average molecular weight is 843 g/mol. The van der Waals surface area contributed by atoms with Gasteiger partial charge in [-0.25, -0.2) is 19.2 Å². The van der Waals surface area contributed by atoms with Crippen LogP contribution in [-0.4, -0.2) is 153 Å². The van der Waals surface area contributed by atoms with Crippen LogP contribution in [-0.2, 0) is 84.3 Å². The standard InChI is InChI=1S/2C16H27O10P.Mg/c2*1-13(2)15(17)23-9-5-21-7-11-25-27(19,20)26-12-8-22-6-10-24-16(18)14(3)4;/h2*1,3,5-12H2,2,4H3,(H,19,20);/q;;+2/p-2. The fraction of sp³-hybridized carbons (Fsp3) is 0.625. The third kappa shape index (κ3) is 38.3. The SMILES string of the molecule is C=C(C)C(=O)OCCOCCOP(=O)([O-])OCCOCCOC(=O)C(=C)C.C=C(C)C(=O)OCCOCCOP(=O)([O-])OCCOCCOC(=O)C(=C)C.[Mg+2]. The molecule has 0 aliphatic heterocycles. The molecule has 0 unspecified atom stereocenters. The molecular weight excluding hydrogens is 791 g/mol. The molecule has 0 aromatic heterocycles. The molecule has 0 saturated heterocycles. The summed E-state index contributed by atoms with van der Waals surface area (Å²) in [6.07, 6.45) is 0. The van der Waals surface area contributed by atoms with Gasteiger partial charge in [-0.1, -0.05) is 26.3 Å². The molecule has 0 aromatic rings. The predicted molar refractivity (Wildman–Crippen MR) is 191 cm³/mol. The van der Waals surface area contributed by atoms with E-state index in [1.807, 2.05) is 0 Å². The zero-order chi connectivity index (χ0) is 41.4. The Bertz CT molecular complexity index is 1110. The Kier molecular flexibility index (Phi) is 36.1. The van der Waals surface area contributed by atoms with Gasteiger partial charge < -0.3 is 65.8 Å². The second kappa shape index (κ2) is 34.9. The first-order valence-electron chi connectivity index (χ1n) is 16.1. The molecule has 0 aliphatic rings. The smallest absolute Gasteiger partial charge is 0.756 e. The topological polar surface area (TPSA) is 259 Å². The van der Waals surface area contributed by atoms with E-state index in [4.69, 9.17) is 37.9 Å². The van der Waals surface area contributed by atoms with Gasteiger partial charge in [0.15, 0.2) is 0 Å². The molecule has 0 spiro atoms. The first-order chi connectivity index (χ1) is 25.3. The summed E-state index contributed by atoms with van der Waals surface area (Å²) >= 11 is 0. The van der Waals surface area contributed by atoms with E-state index in [9.17, 15) is 38.1 Å². The van der Waals surface area contributed by atoms with E-state index in [0.717, 1.165) is 0 Å². The Labute approximate surface area is 337 Å². The molecule has 0 saturated carbocycles. The van der Waals surface area contributed by atoms with Crippen molar-refractivity contribution >= 4 is 62.6 Å². The normalized spacial score (nSPS) is 10.9. The molecule has 0 fully saturated rings. The maximum Gasteiger partial charge on any atom is 2.00 e. The van der Waals surface area contributed by atoms with Gasteiger partial charge in [0.1, 0.15) is 26.4 Å². The van der Waals surface area contributed by atoms with Crippen molar-refractivity contribution in [3.8, 4) is 0 Å². The first kappa shape index (κ1) is 57.0. The summed E-state index contributed by atoms with van der Waals surface area (Å²) in [6.45, 7) is 19.2. The third-order valence-corrected chi connectivity index (χ3v) is 7.14. The summed E-state index contributed by atoms with van der Waals surface area (Å²) < 4.78 is 80.5. The molecule has 55 heavy (non-hydrogen) atoms. The maximum atomic E-state index is 11.5. The van der Waals surface area contributed by atoms with Crippen molar-refractivity contribution in [2.75, 3.05) is 106 Å². The van der Waals surface area contributed by atoms with Crippen LogP contribution in [0.2, 0.25) is 0 Å². The van der Waals surface area contributed by atoms with Crippen molar-refractivity contribution in [2.24, 2.45) is 0 Å². The van der Waals surface area contributed by atoms with E-state index >= 15 is 0 Å². The number of esters is 4. The Balaban J connectivity index is -0.000000966. The van der Waals surface area contributed by atoms with Crippen molar-refractivity contribution in [1.29, 1.82) is 0 Å². The van der Waals surface area contributed by atoms with Crippen LogP contribution in [0, 0.1) is 0 Å². The number of carbonyl (C=O) groups excluding carboxylic acids is 4. The molecular formula is C32H52MgO20P2. The minimum atomic E-state index is -4.47. The minimum absolute atomic E-state index is 0. The van der Waals surface area contributed by atoms with Gasteiger partial charge in [-0.3, -0.25) is 9.13 Å². The Morgan fingerprint density at radius 3 is 0.709 bits per heavy atom. The van der Waals surface area contributed by atoms with Crippen molar-refractivity contribution in [3.63, 3.8) is 0 Å². The molecule has 312 valence electrons. The third-order valence-electron chi connectivity index (χ3n) is 5.15. The van der Waals surface area contributed by atoms with Crippen LogP contribution in [0.3, 0.4) is 0 Å². The van der Waals surface area contributed by atoms with Gasteiger partial charge in [-0.15, -0.1) is 0 Å². The van der Waals surface area contributed by atoms with Crippen LogP contribution in [0.5, 0.6) is 0 Å². The number of rotatable bonds is 32. The van der Waals surface area contributed by atoms with Crippen LogP contribution < -0.4 is 9.79 Å². The van der Waals surface area contributed by atoms with Crippen molar-refractivity contribution < 1.29 is 94.1 Å². The molecule has 0 rings (SSSR count). The van der Waals surface area contributed by atoms with Crippen LogP contribution >= 0.6 is 15.6 Å². The summed E-state index contributed by atoms with van der Waals surface area (Å²) in [6, 6.07) is 0. The number of phosphoric acid groups is 2. The first-order valence-corrected chi connectivity index (χ1v) is 19.0. The number of hydrogen-bond acceptors (Lipinski definition) is 20. The zero-order valence-corrected chi connectivity index (χ0v) is 35.1. The molecule has 20 nitrogen and oxygen atoms in total. The molecule has 23 heteroatoms. The fourth-order valence-electron chi connectivity index (χ4n) is 2.58. The monoisotopic (exact) mass is 842 g/mol. The van der Waals surface area contributed by atoms with Gasteiger partial charge >= 0.3 is 46.9 Å². The molecule has 0 bridgehead atoms. The van der Waals surface area contributed by atoms with E-state index in [0.29, 0.717) is 0 Å². The number of carbonyl (C=O) groups is 4. The minimum Gasteiger partial charge on any atom is -0.756 e. The molecule has 0 radical (unpaired) electrons. The van der Waals surface area contributed by atoms with E-state index < -0.39 is 39.5 Å². The zero-order valence-electron chi connectivity index (χ0n) is 31.9. The van der Waals surface area contributed by atoms with Crippen molar-refractivity contribution in [2.45, 2.75) is 27.7 Å². The predicted octanol–water partition coefficient (Wildman–Crippen LogP) is 1.14. The summed E-state index contributed by atoms with van der Waals surface area (Å²) in [7, 11) is -8.93. The van der Waals surface area contributed by atoms with Gasteiger partial charge in [0.05, 0.1) is 79.3 Å². The van der Waals surface area contributed by atoms with Crippen LogP contribution in [0.1, 0.15) is 27.7 Å². The summed E-state index contributed by atoms with van der Waals surface area (Å²) in [4.78, 5) is 67.2. The molecule has 0 N–H and O–H groups in total. The van der Waals surface area contributed by atoms with Gasteiger partial charge in [-0.2, -0.15) is 0 Å². The van der Waals surface area contributed by atoms with Crippen molar-refractivity contribution in [3.05, 3.63) is 48.6 Å².